The van der Waals surface area contributed by atoms with Gasteiger partial charge in [0.15, 0.2) is 0 Å². The second kappa shape index (κ2) is 6.91. The zero-order valence-corrected chi connectivity index (χ0v) is 13.1. The van der Waals surface area contributed by atoms with Crippen LogP contribution in [0.15, 0.2) is 29.2 Å². The summed E-state index contributed by atoms with van der Waals surface area (Å²) in [6, 6.07) is 5.19. The van der Waals surface area contributed by atoms with E-state index in [2.05, 4.69) is 5.32 Å². The number of alkyl halides is 2. The SMILES string of the molecule is O=S(=O)(c1ccc(NCC2(O)CCCCCC2)cc1)C(F)F. The van der Waals surface area contributed by atoms with Crippen molar-refractivity contribution in [2.45, 2.75) is 54.8 Å². The van der Waals surface area contributed by atoms with E-state index in [1.165, 1.54) is 12.1 Å². The van der Waals surface area contributed by atoms with Crippen LogP contribution in [0.3, 0.4) is 0 Å². The maximum atomic E-state index is 12.4. The molecule has 2 rings (SSSR count). The molecule has 0 heterocycles. The third-order valence-electron chi connectivity index (χ3n) is 4.07. The van der Waals surface area contributed by atoms with Crippen LogP contribution in [0, 0.1) is 0 Å². The lowest BCUT2D eigenvalue weighted by Crippen LogP contribution is -2.36. The van der Waals surface area contributed by atoms with Gasteiger partial charge < -0.3 is 10.4 Å². The molecule has 0 bridgehead atoms. The van der Waals surface area contributed by atoms with Crippen LogP contribution in [0.5, 0.6) is 0 Å². The highest BCUT2D eigenvalue weighted by Crippen LogP contribution is 2.27. The van der Waals surface area contributed by atoms with Gasteiger partial charge in [0.1, 0.15) is 0 Å². The molecule has 1 aliphatic carbocycles. The Morgan fingerprint density at radius 3 is 2.14 bits per heavy atom. The molecule has 2 N–H and O–H groups in total. The minimum atomic E-state index is -4.56. The van der Waals surface area contributed by atoms with E-state index < -0.39 is 26.1 Å². The molecule has 4 nitrogen and oxygen atoms in total. The Hall–Kier alpha value is -1.21. The number of anilines is 1. The highest BCUT2D eigenvalue weighted by molar-refractivity contribution is 7.91. The smallest absolute Gasteiger partial charge is 0.341 e. The van der Waals surface area contributed by atoms with Gasteiger partial charge in [-0.3, -0.25) is 0 Å². The predicted molar refractivity (Wildman–Crippen MR) is 80.8 cm³/mol. The van der Waals surface area contributed by atoms with E-state index in [1.54, 1.807) is 0 Å². The number of sulfone groups is 1. The van der Waals surface area contributed by atoms with Crippen molar-refractivity contribution in [2.24, 2.45) is 0 Å². The van der Waals surface area contributed by atoms with Crippen molar-refractivity contribution >= 4 is 15.5 Å². The molecule has 0 saturated heterocycles. The van der Waals surface area contributed by atoms with Crippen LogP contribution in [0.1, 0.15) is 38.5 Å². The molecule has 0 aromatic heterocycles. The number of rotatable bonds is 5. The molecule has 22 heavy (non-hydrogen) atoms. The number of halogens is 2. The van der Waals surface area contributed by atoms with Gasteiger partial charge >= 0.3 is 5.76 Å². The van der Waals surface area contributed by atoms with E-state index in [-0.39, 0.29) is 0 Å². The number of aliphatic hydroxyl groups is 1. The molecular formula is C15H21F2NO3S. The fourth-order valence-electron chi connectivity index (χ4n) is 2.70. The highest BCUT2D eigenvalue weighted by Gasteiger charge is 2.28. The lowest BCUT2D eigenvalue weighted by atomic mass is 9.94. The van der Waals surface area contributed by atoms with Gasteiger partial charge in [0, 0.05) is 12.2 Å². The van der Waals surface area contributed by atoms with Gasteiger partial charge in [0.2, 0.25) is 9.84 Å². The molecule has 1 fully saturated rings. The van der Waals surface area contributed by atoms with Crippen LogP contribution in [-0.4, -0.2) is 31.4 Å². The second-order valence-corrected chi connectivity index (χ2v) is 7.74. The molecule has 0 radical (unpaired) electrons. The summed E-state index contributed by atoms with van der Waals surface area (Å²) in [5, 5.41) is 13.6. The summed E-state index contributed by atoms with van der Waals surface area (Å²) in [7, 11) is -4.56. The normalized spacial score (nSPS) is 18.9. The van der Waals surface area contributed by atoms with Crippen molar-refractivity contribution in [1.82, 2.24) is 0 Å². The summed E-state index contributed by atoms with van der Waals surface area (Å²) < 4.78 is 47.5. The third kappa shape index (κ3) is 4.16. The largest absolute Gasteiger partial charge is 0.388 e. The molecule has 1 aliphatic rings. The fraction of sp³-hybridized carbons (Fsp3) is 0.600. The number of benzene rings is 1. The van der Waals surface area contributed by atoms with Crippen molar-refractivity contribution in [3.63, 3.8) is 0 Å². The second-order valence-electron chi connectivity index (χ2n) is 5.82. The third-order valence-corrected chi connectivity index (χ3v) is 5.47. The molecule has 124 valence electrons. The minimum Gasteiger partial charge on any atom is -0.388 e. The maximum Gasteiger partial charge on any atom is 0.341 e. The summed E-state index contributed by atoms with van der Waals surface area (Å²) in [5.41, 5.74) is -0.157. The molecular weight excluding hydrogens is 312 g/mol. The molecule has 0 spiro atoms. The molecule has 0 unspecified atom stereocenters. The predicted octanol–water partition coefficient (Wildman–Crippen LogP) is 3.18. The Bertz CT molecular complexity index is 579. The molecule has 1 aromatic rings. The average molecular weight is 333 g/mol. The van der Waals surface area contributed by atoms with Crippen LogP contribution in [0.25, 0.3) is 0 Å². The van der Waals surface area contributed by atoms with Crippen LogP contribution in [-0.2, 0) is 9.84 Å². The summed E-state index contributed by atoms with van der Waals surface area (Å²) in [5.74, 6) is -3.42. The van der Waals surface area contributed by atoms with E-state index in [0.717, 1.165) is 50.7 Å². The van der Waals surface area contributed by atoms with E-state index in [0.29, 0.717) is 12.2 Å². The monoisotopic (exact) mass is 333 g/mol. The zero-order chi connectivity index (χ0) is 16.2. The van der Waals surface area contributed by atoms with E-state index >= 15 is 0 Å². The Morgan fingerprint density at radius 2 is 1.64 bits per heavy atom. The maximum absolute atomic E-state index is 12.4. The summed E-state index contributed by atoms with van der Waals surface area (Å²) in [4.78, 5) is -0.402. The first kappa shape index (κ1) is 17.1. The minimum absolute atomic E-state index is 0.369. The molecule has 1 aromatic carbocycles. The molecule has 0 aliphatic heterocycles. The number of nitrogens with one attached hydrogen (secondary N) is 1. The van der Waals surface area contributed by atoms with Crippen molar-refractivity contribution in [1.29, 1.82) is 0 Å². The van der Waals surface area contributed by atoms with Crippen molar-refractivity contribution < 1.29 is 22.3 Å². The molecule has 0 amide bonds. The molecule has 7 heteroatoms. The van der Waals surface area contributed by atoms with Crippen molar-refractivity contribution in [3.8, 4) is 0 Å². The first-order valence-electron chi connectivity index (χ1n) is 7.42. The summed E-state index contributed by atoms with van der Waals surface area (Å²) in [6.07, 6.45) is 5.70. The number of hydrogen-bond acceptors (Lipinski definition) is 4. The molecule has 0 atom stereocenters. The fourth-order valence-corrected chi connectivity index (χ4v) is 3.42. The van der Waals surface area contributed by atoms with Gasteiger partial charge in [0.25, 0.3) is 0 Å². The van der Waals surface area contributed by atoms with Crippen LogP contribution < -0.4 is 5.32 Å². The quantitative estimate of drug-likeness (QED) is 0.812. The van der Waals surface area contributed by atoms with Gasteiger partial charge in [-0.15, -0.1) is 0 Å². The van der Waals surface area contributed by atoms with Crippen LogP contribution in [0.4, 0.5) is 14.5 Å². The van der Waals surface area contributed by atoms with Crippen LogP contribution in [0.2, 0.25) is 0 Å². The van der Waals surface area contributed by atoms with Crippen molar-refractivity contribution in [3.05, 3.63) is 24.3 Å². The van der Waals surface area contributed by atoms with E-state index in [1.807, 2.05) is 0 Å². The Balaban J connectivity index is 2.00. The van der Waals surface area contributed by atoms with Gasteiger partial charge in [-0.05, 0) is 37.1 Å². The lowest BCUT2D eigenvalue weighted by molar-refractivity contribution is 0.0381. The Kier molecular flexibility index (Phi) is 5.39. The highest BCUT2D eigenvalue weighted by atomic mass is 32.2. The van der Waals surface area contributed by atoms with Gasteiger partial charge in [-0.25, -0.2) is 8.42 Å². The van der Waals surface area contributed by atoms with E-state index in [4.69, 9.17) is 0 Å². The Morgan fingerprint density at radius 1 is 1.09 bits per heavy atom. The first-order valence-corrected chi connectivity index (χ1v) is 8.97. The standard InChI is InChI=1S/C15H21F2NO3S/c16-14(17)22(20,21)13-7-5-12(6-8-13)18-11-15(19)9-3-1-2-4-10-15/h5-8,14,18-19H,1-4,9-11H2. The van der Waals surface area contributed by atoms with E-state index in [9.17, 15) is 22.3 Å². The van der Waals surface area contributed by atoms with Gasteiger partial charge in [-0.2, -0.15) is 8.78 Å². The van der Waals surface area contributed by atoms with Gasteiger partial charge in [-0.1, -0.05) is 25.7 Å². The molecule has 1 saturated carbocycles. The topological polar surface area (TPSA) is 66.4 Å². The number of hydrogen-bond donors (Lipinski definition) is 2. The average Bonchev–Trinajstić information content (AvgIpc) is 2.71. The first-order chi connectivity index (χ1) is 10.3. The Labute approximate surface area is 129 Å². The zero-order valence-electron chi connectivity index (χ0n) is 12.3. The lowest BCUT2D eigenvalue weighted by Gasteiger charge is -2.27. The van der Waals surface area contributed by atoms with Crippen LogP contribution >= 0.6 is 0 Å². The van der Waals surface area contributed by atoms with Gasteiger partial charge in [0.05, 0.1) is 10.5 Å². The van der Waals surface area contributed by atoms with Crippen molar-refractivity contribution in [2.75, 3.05) is 11.9 Å². The summed E-state index contributed by atoms with van der Waals surface area (Å²) in [6.45, 7) is 0.369. The summed E-state index contributed by atoms with van der Waals surface area (Å²) >= 11 is 0.